The number of nitrogens with zero attached hydrogens (tertiary/aromatic N) is 5. The summed E-state index contributed by atoms with van der Waals surface area (Å²) in [5.74, 6) is 0.804. The van der Waals surface area contributed by atoms with Gasteiger partial charge in [0.1, 0.15) is 11.2 Å². The Morgan fingerprint density at radius 3 is 2.47 bits per heavy atom. The number of nitrogens with one attached hydrogen (secondary N) is 2. The molecule has 38 heavy (non-hydrogen) atoms. The first-order chi connectivity index (χ1) is 18.8. The smallest absolute Gasteiger partial charge is 0.159 e. The maximum atomic E-state index is 5.06. The van der Waals surface area contributed by atoms with Gasteiger partial charge in [0.05, 0.1) is 16.7 Å². The van der Waals surface area contributed by atoms with Gasteiger partial charge in [-0.2, -0.15) is 5.10 Å². The summed E-state index contributed by atoms with van der Waals surface area (Å²) in [5, 5.41) is 8.94. The minimum atomic E-state index is 0.804. The lowest BCUT2D eigenvalue weighted by Gasteiger charge is -2.28. The highest BCUT2D eigenvalue weighted by Crippen LogP contribution is 2.33. The maximum Gasteiger partial charge on any atom is 0.159 e. The van der Waals surface area contributed by atoms with Crippen LogP contribution in [-0.2, 0) is 6.54 Å². The monoisotopic (exact) mass is 507 g/mol. The number of H-pyrrole nitrogens is 2. The number of fused-ring (bicyclic) bond motifs is 2. The molecule has 0 unspecified atom stereocenters. The molecule has 0 spiro atoms. The molecule has 0 saturated carbocycles. The van der Waals surface area contributed by atoms with Gasteiger partial charge in [-0.15, -0.1) is 0 Å². The van der Waals surface area contributed by atoms with Crippen LogP contribution in [0, 0.1) is 0 Å². The Kier molecular flexibility index (Phi) is 7.10. The zero-order valence-corrected chi connectivity index (χ0v) is 22.5. The quantitative estimate of drug-likeness (QED) is 0.274. The third kappa shape index (κ3) is 4.78. The molecule has 5 aromatic rings. The number of likely N-dealkylation sites (tertiary alicyclic amines) is 1. The standard InChI is InChI=1S/C29H31N7.C2H6/c1-2-13-36(14-3-1)26-8-6-7-25-28(26)32-29(31-25)27-23-16-21(9-10-24(23)33-34-27)22-15-20(17-30-18-22)19-35-11-4-5-12-35;1-2/h6-10,15-18H,1-5,11-14,19H2,(H,31,32)(H,33,34);1-2H3. The van der Waals surface area contributed by atoms with Gasteiger partial charge in [0.25, 0.3) is 0 Å². The Morgan fingerprint density at radius 2 is 1.63 bits per heavy atom. The van der Waals surface area contributed by atoms with Crippen LogP contribution < -0.4 is 4.90 Å². The number of pyridine rings is 1. The normalized spacial score (nSPS) is 16.2. The van der Waals surface area contributed by atoms with Crippen LogP contribution in [0.5, 0.6) is 0 Å². The van der Waals surface area contributed by atoms with E-state index in [-0.39, 0.29) is 0 Å². The molecule has 0 atom stereocenters. The molecule has 196 valence electrons. The molecule has 2 N–H and O–H groups in total. The molecule has 7 rings (SSSR count). The van der Waals surface area contributed by atoms with Crippen molar-refractivity contribution in [2.75, 3.05) is 31.1 Å². The molecule has 2 aromatic carbocycles. The van der Waals surface area contributed by atoms with Crippen LogP contribution in [0.1, 0.15) is 51.5 Å². The molecule has 7 heteroatoms. The highest BCUT2D eigenvalue weighted by Gasteiger charge is 2.19. The predicted octanol–water partition coefficient (Wildman–Crippen LogP) is 6.78. The number of aromatic amines is 2. The summed E-state index contributed by atoms with van der Waals surface area (Å²) in [5.41, 5.74) is 8.71. The van der Waals surface area contributed by atoms with Crippen LogP contribution in [0.15, 0.2) is 54.9 Å². The second-order valence-corrected chi connectivity index (χ2v) is 10.2. The van der Waals surface area contributed by atoms with Crippen LogP contribution in [0.25, 0.3) is 44.6 Å². The Morgan fingerprint density at radius 1 is 0.816 bits per heavy atom. The van der Waals surface area contributed by atoms with Gasteiger partial charge < -0.3 is 9.88 Å². The molecule has 0 bridgehead atoms. The van der Waals surface area contributed by atoms with Crippen LogP contribution in [-0.4, -0.2) is 56.2 Å². The van der Waals surface area contributed by atoms with Crippen molar-refractivity contribution in [2.45, 2.75) is 52.5 Å². The molecular weight excluding hydrogens is 470 g/mol. The lowest BCUT2D eigenvalue weighted by molar-refractivity contribution is 0.331. The van der Waals surface area contributed by atoms with Crippen LogP contribution in [0.2, 0.25) is 0 Å². The summed E-state index contributed by atoms with van der Waals surface area (Å²) in [4.78, 5) is 18.1. The summed E-state index contributed by atoms with van der Waals surface area (Å²) < 4.78 is 0. The number of aromatic nitrogens is 5. The van der Waals surface area contributed by atoms with Gasteiger partial charge in [-0.1, -0.05) is 26.0 Å². The highest BCUT2D eigenvalue weighted by molar-refractivity contribution is 5.97. The number of benzene rings is 2. The molecule has 2 aliphatic heterocycles. The summed E-state index contributed by atoms with van der Waals surface area (Å²) in [6, 6.07) is 15.2. The van der Waals surface area contributed by atoms with E-state index in [0.29, 0.717) is 0 Å². The molecule has 2 fully saturated rings. The number of imidazole rings is 1. The molecule has 0 amide bonds. The van der Waals surface area contributed by atoms with E-state index < -0.39 is 0 Å². The second-order valence-electron chi connectivity index (χ2n) is 10.2. The number of anilines is 1. The molecule has 7 nitrogen and oxygen atoms in total. The Bertz CT molecular complexity index is 1520. The third-order valence-electron chi connectivity index (χ3n) is 7.71. The number of para-hydroxylation sites is 1. The molecule has 0 aliphatic carbocycles. The first-order valence-electron chi connectivity index (χ1n) is 14.2. The van der Waals surface area contributed by atoms with E-state index in [1.165, 1.54) is 56.4 Å². The average Bonchev–Trinajstić information content (AvgIpc) is 3.74. The zero-order chi connectivity index (χ0) is 25.9. The molecule has 2 aliphatic rings. The maximum absolute atomic E-state index is 5.06. The van der Waals surface area contributed by atoms with Crippen LogP contribution in [0.4, 0.5) is 5.69 Å². The first-order valence-corrected chi connectivity index (χ1v) is 14.2. The lowest BCUT2D eigenvalue weighted by atomic mass is 10.0. The Hall–Kier alpha value is -3.71. The fraction of sp³-hybridized carbons (Fsp3) is 0.387. The lowest BCUT2D eigenvalue weighted by Crippen LogP contribution is -2.29. The van der Waals surface area contributed by atoms with Gasteiger partial charge in [-0.05, 0) is 86.7 Å². The zero-order valence-electron chi connectivity index (χ0n) is 22.5. The summed E-state index contributed by atoms with van der Waals surface area (Å²) in [7, 11) is 0. The van der Waals surface area contributed by atoms with E-state index in [9.17, 15) is 0 Å². The average molecular weight is 508 g/mol. The van der Waals surface area contributed by atoms with Crippen LogP contribution in [0.3, 0.4) is 0 Å². The van der Waals surface area contributed by atoms with Gasteiger partial charge in [-0.25, -0.2) is 4.98 Å². The fourth-order valence-electron chi connectivity index (χ4n) is 5.82. The van der Waals surface area contributed by atoms with Crippen molar-refractivity contribution in [3.63, 3.8) is 0 Å². The minimum absolute atomic E-state index is 0.804. The van der Waals surface area contributed by atoms with Gasteiger partial charge in [0.15, 0.2) is 5.82 Å². The van der Waals surface area contributed by atoms with E-state index >= 15 is 0 Å². The SMILES string of the molecule is CC.c1cc(N2CCCCC2)c2nc(-c3n[nH]c4ccc(-c5cncc(CN6CCCC6)c5)cc34)[nH]c2c1. The van der Waals surface area contributed by atoms with Gasteiger partial charge in [0, 0.05) is 43.0 Å². The van der Waals surface area contributed by atoms with Gasteiger partial charge in [-0.3, -0.25) is 15.0 Å². The van der Waals surface area contributed by atoms with Crippen molar-refractivity contribution in [3.8, 4) is 22.6 Å². The molecule has 3 aromatic heterocycles. The van der Waals surface area contributed by atoms with E-state index in [2.05, 4.69) is 72.4 Å². The topological polar surface area (TPSA) is 76.7 Å². The number of rotatable bonds is 5. The van der Waals surface area contributed by atoms with E-state index in [0.717, 1.165) is 64.2 Å². The Balaban J connectivity index is 0.00000129. The molecular formula is C31H37N7. The first kappa shape index (κ1) is 24.6. The number of hydrogen-bond donors (Lipinski definition) is 2. The minimum Gasteiger partial charge on any atom is -0.370 e. The fourth-order valence-corrected chi connectivity index (χ4v) is 5.82. The number of hydrogen-bond acceptors (Lipinski definition) is 5. The van der Waals surface area contributed by atoms with E-state index in [1.807, 2.05) is 26.2 Å². The summed E-state index contributed by atoms with van der Waals surface area (Å²) in [6.45, 7) is 9.54. The predicted molar refractivity (Wildman–Crippen MR) is 156 cm³/mol. The highest BCUT2D eigenvalue weighted by atomic mass is 15.2. The van der Waals surface area contributed by atoms with Crippen molar-refractivity contribution in [1.29, 1.82) is 0 Å². The van der Waals surface area contributed by atoms with E-state index in [1.54, 1.807) is 0 Å². The van der Waals surface area contributed by atoms with Crippen molar-refractivity contribution in [2.24, 2.45) is 0 Å². The van der Waals surface area contributed by atoms with Crippen molar-refractivity contribution < 1.29 is 0 Å². The molecule has 2 saturated heterocycles. The Labute approximate surface area is 224 Å². The third-order valence-corrected chi connectivity index (χ3v) is 7.71. The summed E-state index contributed by atoms with van der Waals surface area (Å²) >= 11 is 0. The molecule has 0 radical (unpaired) electrons. The number of piperidine rings is 1. The largest absolute Gasteiger partial charge is 0.370 e. The van der Waals surface area contributed by atoms with Gasteiger partial charge >= 0.3 is 0 Å². The van der Waals surface area contributed by atoms with E-state index in [4.69, 9.17) is 4.98 Å². The van der Waals surface area contributed by atoms with Crippen LogP contribution >= 0.6 is 0 Å². The van der Waals surface area contributed by atoms with Crippen molar-refractivity contribution in [3.05, 3.63) is 60.4 Å². The molecule has 5 heterocycles. The van der Waals surface area contributed by atoms with Crippen molar-refractivity contribution >= 4 is 27.6 Å². The van der Waals surface area contributed by atoms with Gasteiger partial charge in [0.2, 0.25) is 0 Å². The van der Waals surface area contributed by atoms with Crippen molar-refractivity contribution in [1.82, 2.24) is 30.0 Å². The summed E-state index contributed by atoms with van der Waals surface area (Å²) in [6.07, 6.45) is 10.4. The second kappa shape index (κ2) is 11.0.